The number of carbonyl (C=O) groups is 1. The van der Waals surface area contributed by atoms with E-state index in [1.165, 1.54) is 11.3 Å². The number of aromatic nitrogens is 1. The van der Waals surface area contributed by atoms with Crippen molar-refractivity contribution in [2.75, 3.05) is 5.32 Å². The molecule has 2 aromatic carbocycles. The monoisotopic (exact) mass is 362 g/mol. The number of thiazole rings is 1. The Kier molecular flexibility index (Phi) is 4.96. The lowest BCUT2D eigenvalue weighted by atomic mass is 10.2. The van der Waals surface area contributed by atoms with Crippen molar-refractivity contribution in [1.29, 1.82) is 0 Å². The minimum absolute atomic E-state index is 0.181. The van der Waals surface area contributed by atoms with Crippen LogP contribution >= 0.6 is 34.5 Å². The maximum Gasteiger partial charge on any atom is 0.230 e. The van der Waals surface area contributed by atoms with Gasteiger partial charge in [0, 0.05) is 16.0 Å². The van der Waals surface area contributed by atoms with E-state index in [0.717, 1.165) is 16.3 Å². The number of hydrogen-bond acceptors (Lipinski definition) is 3. The summed E-state index contributed by atoms with van der Waals surface area (Å²) in [5.41, 5.74) is 2.27. The van der Waals surface area contributed by atoms with Gasteiger partial charge in [0.15, 0.2) is 0 Å². The van der Waals surface area contributed by atoms with Crippen molar-refractivity contribution >= 4 is 46.1 Å². The van der Waals surface area contributed by atoms with Crippen LogP contribution in [0.4, 0.5) is 5.69 Å². The summed E-state index contributed by atoms with van der Waals surface area (Å²) >= 11 is 13.5. The average molecular weight is 363 g/mol. The molecule has 0 atom stereocenters. The third-order valence-corrected chi connectivity index (χ3v) is 4.62. The van der Waals surface area contributed by atoms with E-state index in [1.807, 2.05) is 35.7 Å². The van der Waals surface area contributed by atoms with Gasteiger partial charge in [-0.2, -0.15) is 0 Å². The minimum atomic E-state index is -0.181. The minimum Gasteiger partial charge on any atom is -0.324 e. The Morgan fingerprint density at radius 1 is 1.13 bits per heavy atom. The molecule has 0 spiro atoms. The topological polar surface area (TPSA) is 42.0 Å². The standard InChI is InChI=1S/C17H12Cl2N2OS/c18-12-6-7-14(19)15(8-12)21-16(22)9-13-10-23-17(20-13)11-4-2-1-3-5-11/h1-8,10H,9H2,(H,21,22). The second-order valence-electron chi connectivity index (χ2n) is 4.86. The van der Waals surface area contributed by atoms with Gasteiger partial charge >= 0.3 is 0 Å². The molecule has 0 aliphatic rings. The normalized spacial score (nSPS) is 10.5. The van der Waals surface area contributed by atoms with E-state index in [-0.39, 0.29) is 12.3 Å². The van der Waals surface area contributed by atoms with E-state index in [4.69, 9.17) is 23.2 Å². The number of nitrogens with one attached hydrogen (secondary N) is 1. The molecule has 0 radical (unpaired) electrons. The van der Waals surface area contributed by atoms with Gasteiger partial charge in [-0.1, -0.05) is 53.5 Å². The maximum absolute atomic E-state index is 12.1. The summed E-state index contributed by atoms with van der Waals surface area (Å²) in [6.45, 7) is 0. The van der Waals surface area contributed by atoms with Gasteiger partial charge in [0.1, 0.15) is 5.01 Å². The molecule has 0 bridgehead atoms. The maximum atomic E-state index is 12.1. The quantitative estimate of drug-likeness (QED) is 0.684. The second-order valence-corrected chi connectivity index (χ2v) is 6.56. The Balaban J connectivity index is 1.69. The summed E-state index contributed by atoms with van der Waals surface area (Å²) in [5, 5.41) is 6.51. The van der Waals surface area contributed by atoms with Crippen LogP contribution < -0.4 is 5.32 Å². The van der Waals surface area contributed by atoms with Crippen molar-refractivity contribution < 1.29 is 4.79 Å². The molecule has 116 valence electrons. The van der Waals surface area contributed by atoms with Gasteiger partial charge in [-0.3, -0.25) is 4.79 Å². The van der Waals surface area contributed by atoms with Crippen LogP contribution in [-0.4, -0.2) is 10.9 Å². The van der Waals surface area contributed by atoms with Crippen molar-refractivity contribution in [3.8, 4) is 10.6 Å². The lowest BCUT2D eigenvalue weighted by Gasteiger charge is -2.06. The smallest absolute Gasteiger partial charge is 0.230 e. The highest BCUT2D eigenvalue weighted by Crippen LogP contribution is 2.26. The molecule has 3 nitrogen and oxygen atoms in total. The van der Waals surface area contributed by atoms with Crippen LogP contribution in [0.2, 0.25) is 10.0 Å². The summed E-state index contributed by atoms with van der Waals surface area (Å²) in [7, 11) is 0. The highest BCUT2D eigenvalue weighted by Gasteiger charge is 2.11. The Labute approximate surface area is 147 Å². The van der Waals surface area contributed by atoms with Gasteiger partial charge in [0.05, 0.1) is 22.8 Å². The molecular weight excluding hydrogens is 351 g/mol. The van der Waals surface area contributed by atoms with Crippen LogP contribution in [0, 0.1) is 0 Å². The van der Waals surface area contributed by atoms with E-state index in [1.54, 1.807) is 18.2 Å². The Hall–Kier alpha value is -1.88. The van der Waals surface area contributed by atoms with Crippen molar-refractivity contribution in [1.82, 2.24) is 4.98 Å². The third-order valence-electron chi connectivity index (χ3n) is 3.12. The van der Waals surface area contributed by atoms with Crippen LogP contribution in [0.3, 0.4) is 0 Å². The molecule has 0 aliphatic carbocycles. The summed E-state index contributed by atoms with van der Waals surface area (Å²) in [4.78, 5) is 16.6. The molecule has 0 fully saturated rings. The molecule has 0 saturated heterocycles. The van der Waals surface area contributed by atoms with E-state index in [0.29, 0.717) is 15.7 Å². The van der Waals surface area contributed by atoms with E-state index >= 15 is 0 Å². The van der Waals surface area contributed by atoms with Gasteiger partial charge in [0.2, 0.25) is 5.91 Å². The number of benzene rings is 2. The largest absolute Gasteiger partial charge is 0.324 e. The molecule has 1 N–H and O–H groups in total. The fraction of sp³-hybridized carbons (Fsp3) is 0.0588. The highest BCUT2D eigenvalue weighted by atomic mass is 35.5. The summed E-state index contributed by atoms with van der Waals surface area (Å²) in [6.07, 6.45) is 0.187. The molecule has 1 aromatic heterocycles. The average Bonchev–Trinajstić information content (AvgIpc) is 3.00. The summed E-state index contributed by atoms with van der Waals surface area (Å²) in [5.74, 6) is -0.181. The number of nitrogens with zero attached hydrogens (tertiary/aromatic N) is 1. The molecule has 3 rings (SSSR count). The molecule has 6 heteroatoms. The van der Waals surface area contributed by atoms with Crippen LogP contribution in [0.1, 0.15) is 5.69 Å². The molecule has 23 heavy (non-hydrogen) atoms. The zero-order valence-electron chi connectivity index (χ0n) is 11.9. The Bertz CT molecular complexity index is 834. The first-order valence-electron chi connectivity index (χ1n) is 6.86. The molecular formula is C17H12Cl2N2OS. The van der Waals surface area contributed by atoms with Gasteiger partial charge in [0.25, 0.3) is 0 Å². The highest BCUT2D eigenvalue weighted by molar-refractivity contribution is 7.13. The fourth-order valence-corrected chi connectivity index (χ4v) is 3.22. The van der Waals surface area contributed by atoms with Crippen molar-refractivity contribution in [2.45, 2.75) is 6.42 Å². The third kappa shape index (κ3) is 4.10. The van der Waals surface area contributed by atoms with Crippen LogP contribution in [0.25, 0.3) is 10.6 Å². The molecule has 1 amide bonds. The fourth-order valence-electron chi connectivity index (χ4n) is 2.05. The first-order chi connectivity index (χ1) is 11.1. The molecule has 3 aromatic rings. The van der Waals surface area contributed by atoms with Crippen LogP contribution in [0.5, 0.6) is 0 Å². The number of halogens is 2. The van der Waals surface area contributed by atoms with Crippen LogP contribution in [-0.2, 0) is 11.2 Å². The molecule has 0 unspecified atom stereocenters. The van der Waals surface area contributed by atoms with Gasteiger partial charge < -0.3 is 5.32 Å². The zero-order valence-corrected chi connectivity index (χ0v) is 14.3. The number of hydrogen-bond donors (Lipinski definition) is 1. The molecule has 0 saturated carbocycles. The number of anilines is 1. The van der Waals surface area contributed by atoms with E-state index in [9.17, 15) is 4.79 Å². The van der Waals surface area contributed by atoms with E-state index < -0.39 is 0 Å². The van der Waals surface area contributed by atoms with Crippen LogP contribution in [0.15, 0.2) is 53.9 Å². The van der Waals surface area contributed by atoms with Gasteiger partial charge in [-0.25, -0.2) is 4.98 Å². The summed E-state index contributed by atoms with van der Waals surface area (Å²) in [6, 6.07) is 14.8. The van der Waals surface area contributed by atoms with Gasteiger partial charge in [-0.15, -0.1) is 11.3 Å². The predicted octanol–water partition coefficient (Wildman–Crippen LogP) is 5.30. The Morgan fingerprint density at radius 2 is 1.91 bits per heavy atom. The number of amides is 1. The number of rotatable bonds is 4. The molecule has 1 heterocycles. The SMILES string of the molecule is O=C(Cc1csc(-c2ccccc2)n1)Nc1cc(Cl)ccc1Cl. The lowest BCUT2D eigenvalue weighted by Crippen LogP contribution is -2.14. The summed E-state index contributed by atoms with van der Waals surface area (Å²) < 4.78 is 0. The van der Waals surface area contributed by atoms with Crippen molar-refractivity contribution in [3.63, 3.8) is 0 Å². The first-order valence-corrected chi connectivity index (χ1v) is 8.50. The first kappa shape index (κ1) is 16.0. The number of carbonyl (C=O) groups excluding carboxylic acids is 1. The predicted molar refractivity (Wildman–Crippen MR) is 96.3 cm³/mol. The second kappa shape index (κ2) is 7.13. The van der Waals surface area contributed by atoms with E-state index in [2.05, 4.69) is 10.3 Å². The Morgan fingerprint density at radius 3 is 2.70 bits per heavy atom. The lowest BCUT2D eigenvalue weighted by molar-refractivity contribution is -0.115. The van der Waals surface area contributed by atoms with Crippen molar-refractivity contribution in [2.24, 2.45) is 0 Å². The van der Waals surface area contributed by atoms with Gasteiger partial charge in [-0.05, 0) is 18.2 Å². The van der Waals surface area contributed by atoms with Crippen molar-refractivity contribution in [3.05, 3.63) is 69.7 Å². The zero-order chi connectivity index (χ0) is 16.2. The molecule has 0 aliphatic heterocycles.